The predicted octanol–water partition coefficient (Wildman–Crippen LogP) is 3.04. The van der Waals surface area contributed by atoms with Gasteiger partial charge in [0.05, 0.1) is 23.3 Å². The molecule has 0 unspecified atom stereocenters. The van der Waals surface area contributed by atoms with Crippen LogP contribution in [0.4, 0.5) is 5.69 Å². The van der Waals surface area contributed by atoms with Crippen molar-refractivity contribution in [2.24, 2.45) is 10.8 Å². The monoisotopic (exact) mass is 666 g/mol. The van der Waals surface area contributed by atoms with Crippen molar-refractivity contribution in [2.75, 3.05) is 23.1 Å². The lowest BCUT2D eigenvalue weighted by atomic mass is 9.95. The van der Waals surface area contributed by atoms with Crippen molar-refractivity contribution < 1.29 is 27.9 Å². The van der Waals surface area contributed by atoms with Gasteiger partial charge in [0.25, 0.3) is 0 Å². The molecule has 252 valence electrons. The largest absolute Gasteiger partial charge is 0.490 e. The predicted molar refractivity (Wildman–Crippen MR) is 179 cm³/mol. The lowest BCUT2D eigenvalue weighted by molar-refractivity contribution is -0.134. The van der Waals surface area contributed by atoms with Gasteiger partial charge in [-0.3, -0.25) is 24.3 Å². The smallest absolute Gasteiger partial charge is 0.320 e. The summed E-state index contributed by atoms with van der Waals surface area (Å²) in [6.07, 6.45) is 8.35. The van der Waals surface area contributed by atoms with Crippen LogP contribution in [0.5, 0.6) is 5.75 Å². The molecule has 0 bridgehead atoms. The zero-order valence-electron chi connectivity index (χ0n) is 26.5. The third-order valence-corrected chi connectivity index (χ3v) is 10.1. The lowest BCUT2D eigenvalue weighted by Gasteiger charge is -2.30. The summed E-state index contributed by atoms with van der Waals surface area (Å²) in [4.78, 5) is 29.6. The minimum absolute atomic E-state index is 0.0180. The Morgan fingerprint density at radius 1 is 1.13 bits per heavy atom. The number of imidazole rings is 1. The summed E-state index contributed by atoms with van der Waals surface area (Å²) in [6, 6.07) is 11.5. The number of hydrogen-bond acceptors (Lipinski definition) is 9. The van der Waals surface area contributed by atoms with Gasteiger partial charge in [-0.2, -0.15) is 5.10 Å². The van der Waals surface area contributed by atoms with E-state index in [0.29, 0.717) is 22.3 Å². The Hall–Kier alpha value is -4.66. The maximum atomic E-state index is 13.5. The Bertz CT molecular complexity index is 1730. The summed E-state index contributed by atoms with van der Waals surface area (Å²) < 4.78 is 35.8. The maximum absolute atomic E-state index is 13.5. The van der Waals surface area contributed by atoms with Crippen molar-refractivity contribution in [3.63, 3.8) is 0 Å². The van der Waals surface area contributed by atoms with Gasteiger partial charge in [-0.15, -0.1) is 0 Å². The normalized spacial score (nSPS) is 16.4. The molecule has 0 atom stereocenters. The van der Waals surface area contributed by atoms with E-state index in [1.807, 2.05) is 11.9 Å². The fourth-order valence-electron chi connectivity index (χ4n) is 6.14. The van der Waals surface area contributed by atoms with E-state index in [0.717, 1.165) is 62.3 Å². The molecule has 1 saturated carbocycles. The van der Waals surface area contributed by atoms with Gasteiger partial charge in [-0.25, -0.2) is 13.4 Å². The Morgan fingerprint density at radius 3 is 2.47 bits per heavy atom. The maximum Gasteiger partial charge on any atom is 0.320 e. The molecular formula is C32H42N8O6S. The molecule has 2 fully saturated rings. The van der Waals surface area contributed by atoms with Gasteiger partial charge in [0.2, 0.25) is 15.9 Å². The molecule has 1 amide bonds. The molecule has 2 aromatic carbocycles. The van der Waals surface area contributed by atoms with Gasteiger partial charge in [0.1, 0.15) is 30.1 Å². The van der Waals surface area contributed by atoms with Gasteiger partial charge in [0.15, 0.2) is 5.75 Å². The third kappa shape index (κ3) is 8.58. The van der Waals surface area contributed by atoms with Crippen LogP contribution in [0.15, 0.2) is 47.6 Å². The molecule has 14 nitrogen and oxygen atoms in total. The van der Waals surface area contributed by atoms with Crippen molar-refractivity contribution >= 4 is 50.7 Å². The number of anilines is 1. The number of rotatable bonds is 13. The summed E-state index contributed by atoms with van der Waals surface area (Å²) in [5.74, 6) is -2.24. The van der Waals surface area contributed by atoms with Crippen LogP contribution in [0, 0.1) is 5.41 Å². The second kappa shape index (κ2) is 14.8. The van der Waals surface area contributed by atoms with E-state index in [-0.39, 0.29) is 48.5 Å². The second-order valence-corrected chi connectivity index (χ2v) is 13.8. The number of fused-ring (bicyclic) bond motifs is 1. The number of ether oxygens (including phenoxy) is 1. The molecule has 1 aliphatic carbocycles. The van der Waals surface area contributed by atoms with E-state index in [1.54, 1.807) is 53.2 Å². The highest BCUT2D eigenvalue weighted by Crippen LogP contribution is 2.28. The summed E-state index contributed by atoms with van der Waals surface area (Å²) >= 11 is 0. The van der Waals surface area contributed by atoms with Crippen LogP contribution in [-0.4, -0.2) is 83.0 Å². The van der Waals surface area contributed by atoms with Crippen LogP contribution in [-0.2, 0) is 32.7 Å². The number of aliphatic carboxylic acids is 1. The number of amidine groups is 1. The molecule has 5 N–H and O–H groups in total. The van der Waals surface area contributed by atoms with E-state index in [2.05, 4.69) is 15.4 Å². The molecule has 15 heteroatoms. The van der Waals surface area contributed by atoms with Gasteiger partial charge >= 0.3 is 5.97 Å². The Kier molecular flexibility index (Phi) is 10.6. The van der Waals surface area contributed by atoms with Crippen LogP contribution in [0.25, 0.3) is 11.0 Å². The summed E-state index contributed by atoms with van der Waals surface area (Å²) in [5, 5.41) is 26.7. The number of nitrogens with two attached hydrogens (primary N) is 1. The first-order valence-electron chi connectivity index (χ1n) is 15.9. The number of nitrogens with one attached hydrogen (secondary N) is 2. The average Bonchev–Trinajstić information content (AvgIpc) is 3.37. The summed E-state index contributed by atoms with van der Waals surface area (Å²) in [7, 11) is -4.39. The van der Waals surface area contributed by atoms with E-state index >= 15 is 0 Å². The number of carboxylic acids is 1. The van der Waals surface area contributed by atoms with Crippen molar-refractivity contribution in [1.82, 2.24) is 19.9 Å². The standard InChI is InChI=1S/C32H42N8O6S/c1-2-35-38-16-14-26(15-17-38)46-25-11-9-24(10-12-25)40(47(44,45)21-31(42)43)19-29-37-27-18-22(32(33)34)8-13-28(27)39(29)20-30(41)36-23-6-4-3-5-7-23/h2,8-13,18,23,26H,3-7,14-17,19-21H2,1H3,(H3,33,34)(H,36,41)(H,42,43)/b35-2+. The minimum Gasteiger partial charge on any atom is -0.490 e. The first-order valence-corrected chi connectivity index (χ1v) is 17.5. The molecule has 0 radical (unpaired) electrons. The number of carboxylic acid groups (broad SMARTS) is 1. The van der Waals surface area contributed by atoms with Gasteiger partial charge < -0.3 is 25.5 Å². The number of carbonyl (C=O) groups excluding carboxylic acids is 1. The number of benzene rings is 2. The number of sulfonamides is 1. The first kappa shape index (κ1) is 33.7. The topological polar surface area (TPSA) is 196 Å². The van der Waals surface area contributed by atoms with Crippen molar-refractivity contribution in [3.05, 3.63) is 53.9 Å². The molecule has 1 saturated heterocycles. The van der Waals surface area contributed by atoms with E-state index in [9.17, 15) is 23.1 Å². The van der Waals surface area contributed by atoms with Crippen molar-refractivity contribution in [3.8, 4) is 5.75 Å². The molecule has 2 heterocycles. The summed E-state index contributed by atoms with van der Waals surface area (Å²) in [6.45, 7) is 2.94. The number of amides is 1. The van der Waals surface area contributed by atoms with Crippen molar-refractivity contribution in [1.29, 1.82) is 5.41 Å². The Balaban J connectivity index is 1.44. The number of nitrogen functional groups attached to an aromatic ring is 1. The van der Waals surface area contributed by atoms with E-state index < -0.39 is 21.7 Å². The Labute approximate surface area is 274 Å². The molecule has 47 heavy (non-hydrogen) atoms. The average molecular weight is 667 g/mol. The van der Waals surface area contributed by atoms with Crippen LogP contribution >= 0.6 is 0 Å². The number of aromatic nitrogens is 2. The molecular weight excluding hydrogens is 624 g/mol. The SMILES string of the molecule is C/C=N/N1CCC(Oc2ccc(N(Cc3nc4cc(C(=N)N)ccc4n3CC(=O)NC3CCCCC3)S(=O)(=O)CC(=O)O)cc2)CC1. The fraction of sp³-hybridized carbons (Fsp3) is 0.469. The van der Waals surface area contributed by atoms with Crippen LogP contribution in [0.3, 0.4) is 0 Å². The van der Waals surface area contributed by atoms with Gasteiger partial charge in [-0.1, -0.05) is 19.3 Å². The van der Waals surface area contributed by atoms with E-state index in [1.165, 1.54) is 0 Å². The Morgan fingerprint density at radius 2 is 1.83 bits per heavy atom. The number of carbonyl (C=O) groups is 2. The number of piperidine rings is 1. The number of hydrogen-bond donors (Lipinski definition) is 4. The zero-order chi connectivity index (χ0) is 33.6. The van der Waals surface area contributed by atoms with Crippen LogP contribution < -0.4 is 20.1 Å². The van der Waals surface area contributed by atoms with Crippen LogP contribution in [0.2, 0.25) is 0 Å². The van der Waals surface area contributed by atoms with Crippen molar-refractivity contribution in [2.45, 2.75) is 77.1 Å². The van der Waals surface area contributed by atoms with Crippen LogP contribution in [0.1, 0.15) is 63.3 Å². The fourth-order valence-corrected chi connectivity index (χ4v) is 7.37. The lowest BCUT2D eigenvalue weighted by Crippen LogP contribution is -2.39. The highest BCUT2D eigenvalue weighted by molar-refractivity contribution is 7.93. The molecule has 1 aliphatic heterocycles. The number of hydrazone groups is 1. The zero-order valence-corrected chi connectivity index (χ0v) is 27.3. The molecule has 0 spiro atoms. The second-order valence-electron chi connectivity index (χ2n) is 11.9. The van der Waals surface area contributed by atoms with E-state index in [4.69, 9.17) is 15.9 Å². The molecule has 5 rings (SSSR count). The quantitative estimate of drug-likeness (QED) is 0.157. The van der Waals surface area contributed by atoms with Gasteiger partial charge in [0, 0.05) is 43.8 Å². The number of nitrogens with zero attached hydrogens (tertiary/aromatic N) is 5. The van der Waals surface area contributed by atoms with Gasteiger partial charge in [-0.05, 0) is 62.2 Å². The molecule has 1 aromatic heterocycles. The molecule has 2 aliphatic rings. The third-order valence-electron chi connectivity index (χ3n) is 8.46. The highest BCUT2D eigenvalue weighted by Gasteiger charge is 2.29. The summed E-state index contributed by atoms with van der Waals surface area (Å²) in [5.41, 5.74) is 7.34. The molecule has 3 aromatic rings. The first-order chi connectivity index (χ1) is 22.5. The highest BCUT2D eigenvalue weighted by atomic mass is 32.2. The minimum atomic E-state index is -4.39.